The van der Waals surface area contributed by atoms with Gasteiger partial charge in [-0.1, -0.05) is 36.0 Å². The molecule has 0 spiro atoms. The number of Topliss-reactive ketones (excluding diaryl/α,β-unsaturated/α-hetero) is 1. The summed E-state index contributed by atoms with van der Waals surface area (Å²) in [7, 11) is 0. The quantitative estimate of drug-likeness (QED) is 0.247. The number of carbonyl (C=O) groups excluding carboxylic acids is 2. The second-order valence-electron chi connectivity index (χ2n) is 7.43. The molecule has 0 saturated heterocycles. The van der Waals surface area contributed by atoms with E-state index in [-0.39, 0.29) is 23.0 Å². The third kappa shape index (κ3) is 4.51. The molecule has 1 amide bonds. The van der Waals surface area contributed by atoms with Crippen LogP contribution in [0.15, 0.2) is 63.9 Å². The molecule has 0 atom stereocenters. The normalized spacial score (nSPS) is 11.0. The first-order chi connectivity index (χ1) is 15.3. The van der Waals surface area contributed by atoms with E-state index in [1.165, 1.54) is 30.0 Å². The number of amides is 1. The van der Waals surface area contributed by atoms with Gasteiger partial charge < -0.3 is 5.32 Å². The summed E-state index contributed by atoms with van der Waals surface area (Å²) < 4.78 is 2.18. The zero-order valence-corrected chi connectivity index (χ0v) is 19.5. The van der Waals surface area contributed by atoms with Gasteiger partial charge in [-0.15, -0.1) is 11.3 Å². The molecule has 0 saturated carbocycles. The van der Waals surface area contributed by atoms with Crippen LogP contribution in [0.25, 0.3) is 15.9 Å². The molecular weight excluding hydrogens is 442 g/mol. The number of anilines is 1. The lowest BCUT2D eigenvalue weighted by Crippen LogP contribution is -2.23. The Balaban J connectivity index is 1.65. The lowest BCUT2D eigenvalue weighted by atomic mass is 10.1. The maximum atomic E-state index is 13.3. The number of thioether (sulfide) groups is 1. The molecule has 2 aromatic carbocycles. The fourth-order valence-electron chi connectivity index (χ4n) is 3.30. The average molecular weight is 464 g/mol. The lowest BCUT2D eigenvalue weighted by Gasteiger charge is -2.15. The van der Waals surface area contributed by atoms with Crippen molar-refractivity contribution >= 4 is 50.7 Å². The van der Waals surface area contributed by atoms with E-state index in [0.717, 1.165) is 16.8 Å². The molecule has 0 radical (unpaired) electrons. The summed E-state index contributed by atoms with van der Waals surface area (Å²) in [5.41, 5.74) is 4.30. The SMILES string of the molecule is CC(=O)c1cccc(NC(=O)CSc2nc3ccsc3c(=O)n2-c2cc(C)ccc2C)c1. The Hall–Kier alpha value is -3.23. The van der Waals surface area contributed by atoms with Gasteiger partial charge in [0.05, 0.1) is 17.0 Å². The second-order valence-corrected chi connectivity index (χ2v) is 9.29. The summed E-state index contributed by atoms with van der Waals surface area (Å²) >= 11 is 2.56. The molecule has 32 heavy (non-hydrogen) atoms. The number of ketones is 1. The van der Waals surface area contributed by atoms with Crippen LogP contribution in [0.3, 0.4) is 0 Å². The molecule has 0 unspecified atom stereocenters. The van der Waals surface area contributed by atoms with E-state index < -0.39 is 0 Å². The number of nitrogens with zero attached hydrogens (tertiary/aromatic N) is 2. The standard InChI is InChI=1S/C24H21N3O3S2/c1-14-7-8-15(2)20(11-14)27-23(30)22-19(9-10-31-22)26-24(27)32-13-21(29)25-18-6-4-5-17(12-18)16(3)28/h4-12H,13H2,1-3H3,(H,25,29). The summed E-state index contributed by atoms with van der Waals surface area (Å²) in [4.78, 5) is 42.2. The summed E-state index contributed by atoms with van der Waals surface area (Å²) in [6, 6.07) is 14.5. The zero-order chi connectivity index (χ0) is 22.8. The van der Waals surface area contributed by atoms with Crippen LogP contribution in [0.5, 0.6) is 0 Å². The van der Waals surface area contributed by atoms with Crippen molar-refractivity contribution in [3.63, 3.8) is 0 Å². The van der Waals surface area contributed by atoms with Crippen molar-refractivity contribution in [3.05, 3.63) is 81.0 Å². The lowest BCUT2D eigenvalue weighted by molar-refractivity contribution is -0.113. The van der Waals surface area contributed by atoms with E-state index in [1.54, 1.807) is 28.8 Å². The van der Waals surface area contributed by atoms with Gasteiger partial charge in [0.2, 0.25) is 5.91 Å². The maximum absolute atomic E-state index is 13.3. The van der Waals surface area contributed by atoms with Crippen molar-refractivity contribution in [3.8, 4) is 5.69 Å². The van der Waals surface area contributed by atoms with Gasteiger partial charge >= 0.3 is 0 Å². The molecule has 0 aliphatic heterocycles. The number of hydrogen-bond acceptors (Lipinski definition) is 6. The molecule has 2 aromatic heterocycles. The fraction of sp³-hybridized carbons (Fsp3) is 0.167. The van der Waals surface area contributed by atoms with E-state index >= 15 is 0 Å². The minimum atomic E-state index is -0.247. The summed E-state index contributed by atoms with van der Waals surface area (Å²) in [6.07, 6.45) is 0. The predicted molar refractivity (Wildman–Crippen MR) is 130 cm³/mol. The molecular formula is C24H21N3O3S2. The van der Waals surface area contributed by atoms with Crippen LogP contribution in [-0.4, -0.2) is 27.0 Å². The van der Waals surface area contributed by atoms with Crippen LogP contribution in [0.4, 0.5) is 5.69 Å². The van der Waals surface area contributed by atoms with Gasteiger partial charge in [0.15, 0.2) is 10.9 Å². The summed E-state index contributed by atoms with van der Waals surface area (Å²) in [6.45, 7) is 5.40. The Morgan fingerprint density at radius 2 is 1.94 bits per heavy atom. The molecule has 8 heteroatoms. The van der Waals surface area contributed by atoms with E-state index in [2.05, 4.69) is 10.3 Å². The number of nitrogens with one attached hydrogen (secondary N) is 1. The molecule has 4 rings (SSSR count). The monoisotopic (exact) mass is 463 g/mol. The fourth-order valence-corrected chi connectivity index (χ4v) is 4.87. The number of rotatable bonds is 6. The van der Waals surface area contributed by atoms with Crippen molar-refractivity contribution in [2.24, 2.45) is 0 Å². The van der Waals surface area contributed by atoms with E-state index in [1.807, 2.05) is 43.5 Å². The van der Waals surface area contributed by atoms with Crippen molar-refractivity contribution < 1.29 is 9.59 Å². The van der Waals surface area contributed by atoms with Crippen molar-refractivity contribution in [2.75, 3.05) is 11.1 Å². The Bertz CT molecular complexity index is 1410. The molecule has 4 aromatic rings. The number of hydrogen-bond donors (Lipinski definition) is 1. The largest absolute Gasteiger partial charge is 0.325 e. The smallest absolute Gasteiger partial charge is 0.276 e. The van der Waals surface area contributed by atoms with Crippen LogP contribution in [0.1, 0.15) is 28.4 Å². The van der Waals surface area contributed by atoms with Gasteiger partial charge in [-0.05, 0) is 61.5 Å². The first-order valence-corrected chi connectivity index (χ1v) is 11.8. The highest BCUT2D eigenvalue weighted by Crippen LogP contribution is 2.26. The first kappa shape index (κ1) is 22.0. The first-order valence-electron chi connectivity index (χ1n) is 9.95. The summed E-state index contributed by atoms with van der Waals surface area (Å²) in [5, 5.41) is 5.11. The van der Waals surface area contributed by atoms with Gasteiger partial charge in [0.1, 0.15) is 4.70 Å². The van der Waals surface area contributed by atoms with Crippen LogP contribution in [0.2, 0.25) is 0 Å². The van der Waals surface area contributed by atoms with Crippen LogP contribution in [0, 0.1) is 13.8 Å². The number of aryl methyl sites for hydroxylation is 2. The van der Waals surface area contributed by atoms with Crippen LogP contribution < -0.4 is 10.9 Å². The number of carbonyl (C=O) groups is 2. The van der Waals surface area contributed by atoms with Gasteiger partial charge in [0.25, 0.3) is 5.56 Å². The number of fused-ring (bicyclic) bond motifs is 1. The number of benzene rings is 2. The predicted octanol–water partition coefficient (Wildman–Crippen LogP) is 5.00. The molecule has 6 nitrogen and oxygen atoms in total. The van der Waals surface area contributed by atoms with Crippen LogP contribution >= 0.6 is 23.1 Å². The maximum Gasteiger partial charge on any atom is 0.276 e. The molecule has 1 N–H and O–H groups in total. The Morgan fingerprint density at radius 3 is 2.72 bits per heavy atom. The topological polar surface area (TPSA) is 81.1 Å². The Labute approximate surface area is 193 Å². The van der Waals surface area contributed by atoms with Crippen LogP contribution in [-0.2, 0) is 4.79 Å². The molecule has 0 aliphatic rings. The number of aromatic nitrogens is 2. The Kier molecular flexibility index (Phi) is 6.25. The van der Waals surface area contributed by atoms with Crippen molar-refractivity contribution in [2.45, 2.75) is 25.9 Å². The van der Waals surface area contributed by atoms with Gasteiger partial charge in [-0.3, -0.25) is 19.0 Å². The van der Waals surface area contributed by atoms with E-state index in [0.29, 0.717) is 26.6 Å². The third-order valence-corrected chi connectivity index (χ3v) is 6.77. The highest BCUT2D eigenvalue weighted by atomic mass is 32.2. The minimum Gasteiger partial charge on any atom is -0.325 e. The van der Waals surface area contributed by atoms with E-state index in [4.69, 9.17) is 0 Å². The van der Waals surface area contributed by atoms with Gasteiger partial charge in [-0.2, -0.15) is 0 Å². The minimum absolute atomic E-state index is 0.0667. The Morgan fingerprint density at radius 1 is 1.12 bits per heavy atom. The number of thiophene rings is 1. The van der Waals surface area contributed by atoms with Crippen molar-refractivity contribution in [1.82, 2.24) is 9.55 Å². The zero-order valence-electron chi connectivity index (χ0n) is 17.8. The van der Waals surface area contributed by atoms with Crippen molar-refractivity contribution in [1.29, 1.82) is 0 Å². The highest BCUT2D eigenvalue weighted by molar-refractivity contribution is 7.99. The molecule has 0 fully saturated rings. The average Bonchev–Trinajstić information content (AvgIpc) is 3.23. The molecule has 162 valence electrons. The highest BCUT2D eigenvalue weighted by Gasteiger charge is 2.17. The molecule has 0 aliphatic carbocycles. The second kappa shape index (κ2) is 9.10. The van der Waals surface area contributed by atoms with Gasteiger partial charge in [0, 0.05) is 11.3 Å². The summed E-state index contributed by atoms with van der Waals surface area (Å²) in [5.74, 6) is -0.249. The molecule has 0 bridgehead atoms. The third-order valence-electron chi connectivity index (χ3n) is 4.94. The molecule has 2 heterocycles. The van der Waals surface area contributed by atoms with E-state index in [9.17, 15) is 14.4 Å². The van der Waals surface area contributed by atoms with Gasteiger partial charge in [-0.25, -0.2) is 4.98 Å².